The van der Waals surface area contributed by atoms with Crippen LogP contribution in [-0.4, -0.2) is 64.3 Å². The Hall–Kier alpha value is -1.54. The first-order valence-electron chi connectivity index (χ1n) is 7.13. The molecule has 1 fully saturated rings. The summed E-state index contributed by atoms with van der Waals surface area (Å²) in [6.07, 6.45) is -4.39. The Kier molecular flexibility index (Phi) is 5.33. The summed E-state index contributed by atoms with van der Waals surface area (Å²) in [4.78, 5) is 37.9. The number of aliphatic hydroxyl groups is 1. The summed E-state index contributed by atoms with van der Waals surface area (Å²) < 4.78 is 50.9. The number of halogens is 1. The fourth-order valence-corrected chi connectivity index (χ4v) is 4.05. The molecule has 0 bridgehead atoms. The van der Waals surface area contributed by atoms with Crippen LogP contribution >= 0.6 is 15.6 Å². The number of aliphatic hydroxyl groups excluding tert-OH is 1. The van der Waals surface area contributed by atoms with Crippen molar-refractivity contribution in [1.29, 1.82) is 0 Å². The first kappa shape index (κ1) is 20.2. The van der Waals surface area contributed by atoms with Gasteiger partial charge in [-0.1, -0.05) is 0 Å². The molecule has 3 heterocycles. The van der Waals surface area contributed by atoms with Gasteiger partial charge < -0.3 is 30.3 Å². The quantitative estimate of drug-likeness (QED) is 0.357. The van der Waals surface area contributed by atoms with Crippen LogP contribution in [0.5, 0.6) is 0 Å². The molecule has 1 unspecified atom stereocenters. The topological polar surface area (TPSA) is 212 Å². The lowest BCUT2D eigenvalue weighted by Gasteiger charge is -2.17. The Morgan fingerprint density at radius 2 is 2.00 bits per heavy atom. The molecule has 27 heavy (non-hydrogen) atoms. The molecular formula is C10H14FN5O9P2. The second-order valence-corrected chi connectivity index (χ2v) is 8.25. The summed E-state index contributed by atoms with van der Waals surface area (Å²) in [6, 6.07) is 0. The van der Waals surface area contributed by atoms with Gasteiger partial charge in [0.15, 0.2) is 23.9 Å². The van der Waals surface area contributed by atoms with Crippen LogP contribution in [0.3, 0.4) is 0 Å². The van der Waals surface area contributed by atoms with E-state index >= 15 is 0 Å². The van der Waals surface area contributed by atoms with Gasteiger partial charge in [0.1, 0.15) is 24.1 Å². The molecule has 0 aliphatic carbocycles. The fraction of sp³-hybridized carbons (Fsp3) is 0.500. The normalized spacial score (nSPS) is 28.5. The summed E-state index contributed by atoms with van der Waals surface area (Å²) >= 11 is 0. The van der Waals surface area contributed by atoms with Crippen molar-refractivity contribution in [2.24, 2.45) is 0 Å². The Balaban J connectivity index is 1.75. The second-order valence-electron chi connectivity index (χ2n) is 5.42. The molecule has 2 aromatic rings. The van der Waals surface area contributed by atoms with Gasteiger partial charge in [0.2, 0.25) is 0 Å². The maximum atomic E-state index is 14.5. The zero-order chi connectivity index (χ0) is 20.0. The van der Waals surface area contributed by atoms with Crippen LogP contribution in [0.4, 0.5) is 10.2 Å². The number of nitrogens with two attached hydrogens (primary N) is 1. The number of aromatic nitrogens is 4. The standard InChI is InChI=1S/C10H14FN5O9P2/c11-5-7(17)4(1-23-27(21,22)25-26(18,19)20)24-10(5)16-3-15-6-8(12)13-2-14-9(6)16/h2-5,7,10,17H,1H2,(H,21,22)(H2,12,13,14)(H2,18,19,20)/t4-,5-,7-,10-/m1/s1. The van der Waals surface area contributed by atoms with Crippen molar-refractivity contribution in [1.82, 2.24) is 19.5 Å². The third-order valence-corrected chi connectivity index (χ3v) is 5.72. The highest BCUT2D eigenvalue weighted by Gasteiger charge is 2.47. The maximum absolute atomic E-state index is 14.5. The lowest BCUT2D eigenvalue weighted by molar-refractivity contribution is -0.0450. The molecule has 2 aromatic heterocycles. The van der Waals surface area contributed by atoms with Gasteiger partial charge in [-0.3, -0.25) is 9.09 Å². The minimum absolute atomic E-state index is 0.0448. The van der Waals surface area contributed by atoms with Gasteiger partial charge >= 0.3 is 15.6 Å². The van der Waals surface area contributed by atoms with Crippen LogP contribution in [0.2, 0.25) is 0 Å². The van der Waals surface area contributed by atoms with E-state index in [1.165, 1.54) is 0 Å². The van der Waals surface area contributed by atoms with Gasteiger partial charge in [-0.2, -0.15) is 4.31 Å². The number of nitrogens with zero attached hydrogens (tertiary/aromatic N) is 4. The molecule has 0 aromatic carbocycles. The number of imidazole rings is 1. The van der Waals surface area contributed by atoms with Crippen LogP contribution < -0.4 is 5.73 Å². The number of fused-ring (bicyclic) bond motifs is 1. The molecular weight excluding hydrogens is 415 g/mol. The number of ether oxygens (including phenoxy) is 1. The SMILES string of the molecule is Nc1ncnc2c1ncn2[C@@H]1O[C@H](COP(=O)(O)OP(=O)(O)O)[C@@H](O)[C@H]1F. The molecule has 5 atom stereocenters. The molecule has 150 valence electrons. The van der Waals surface area contributed by atoms with E-state index < -0.39 is 46.9 Å². The Morgan fingerprint density at radius 3 is 2.67 bits per heavy atom. The largest absolute Gasteiger partial charge is 0.481 e. The lowest BCUT2D eigenvalue weighted by Crippen LogP contribution is -2.31. The molecule has 0 radical (unpaired) electrons. The highest BCUT2D eigenvalue weighted by atomic mass is 31.3. The van der Waals surface area contributed by atoms with Gasteiger partial charge in [-0.15, -0.1) is 0 Å². The van der Waals surface area contributed by atoms with Crippen LogP contribution in [0.15, 0.2) is 12.7 Å². The molecule has 6 N–H and O–H groups in total. The summed E-state index contributed by atoms with van der Waals surface area (Å²) in [6.45, 7) is -0.893. The number of hydrogen-bond donors (Lipinski definition) is 5. The molecule has 1 saturated heterocycles. The average molecular weight is 429 g/mol. The Labute approximate surface area is 149 Å². The van der Waals surface area contributed by atoms with E-state index in [1.54, 1.807) is 0 Å². The molecule has 14 nitrogen and oxygen atoms in total. The van der Waals surface area contributed by atoms with Crippen molar-refractivity contribution in [3.8, 4) is 0 Å². The lowest BCUT2D eigenvalue weighted by atomic mass is 10.1. The number of phosphoric ester groups is 1. The van der Waals surface area contributed by atoms with E-state index in [0.29, 0.717) is 0 Å². The fourth-order valence-electron chi connectivity index (χ4n) is 2.45. The average Bonchev–Trinajstić information content (AvgIpc) is 3.07. The summed E-state index contributed by atoms with van der Waals surface area (Å²) in [5, 5.41) is 9.95. The highest BCUT2D eigenvalue weighted by molar-refractivity contribution is 7.60. The minimum atomic E-state index is -5.31. The van der Waals surface area contributed by atoms with E-state index in [1.807, 2.05) is 0 Å². The van der Waals surface area contributed by atoms with Crippen molar-refractivity contribution in [3.05, 3.63) is 12.7 Å². The van der Waals surface area contributed by atoms with E-state index in [4.69, 9.17) is 20.3 Å². The number of hydrogen-bond acceptors (Lipinski definition) is 10. The number of rotatable bonds is 6. The number of phosphoric acid groups is 2. The molecule has 1 aliphatic rings. The first-order valence-corrected chi connectivity index (χ1v) is 10.2. The van der Waals surface area contributed by atoms with Gasteiger partial charge in [-0.25, -0.2) is 28.5 Å². The monoisotopic (exact) mass is 429 g/mol. The Bertz CT molecular complexity index is 937. The molecule has 17 heteroatoms. The number of anilines is 1. The van der Waals surface area contributed by atoms with E-state index in [2.05, 4.69) is 23.8 Å². The van der Waals surface area contributed by atoms with Gasteiger partial charge in [0.05, 0.1) is 12.9 Å². The van der Waals surface area contributed by atoms with E-state index in [0.717, 1.165) is 17.2 Å². The zero-order valence-electron chi connectivity index (χ0n) is 13.1. The first-order chi connectivity index (χ1) is 12.5. The summed E-state index contributed by atoms with van der Waals surface area (Å²) in [5.41, 5.74) is 5.94. The van der Waals surface area contributed by atoms with E-state index in [9.17, 15) is 23.5 Å². The molecule has 0 amide bonds. The Morgan fingerprint density at radius 1 is 1.30 bits per heavy atom. The predicted octanol–water partition coefficient (Wildman–Crippen LogP) is -0.769. The van der Waals surface area contributed by atoms with Crippen LogP contribution in [0.25, 0.3) is 11.2 Å². The third kappa shape index (κ3) is 4.32. The van der Waals surface area contributed by atoms with Crippen LogP contribution in [0, 0.1) is 0 Å². The number of nitrogen functional groups attached to an aromatic ring is 1. The third-order valence-electron chi connectivity index (χ3n) is 3.57. The molecule has 1 aliphatic heterocycles. The summed E-state index contributed by atoms with van der Waals surface area (Å²) in [7, 11) is -10.5. The smallest absolute Gasteiger partial charge is 0.387 e. The second kappa shape index (κ2) is 7.13. The molecule has 3 rings (SSSR count). The van der Waals surface area contributed by atoms with Crippen LogP contribution in [0.1, 0.15) is 6.23 Å². The van der Waals surface area contributed by atoms with Crippen LogP contribution in [-0.2, 0) is 22.7 Å². The minimum Gasteiger partial charge on any atom is -0.387 e. The van der Waals surface area contributed by atoms with Gasteiger partial charge in [-0.05, 0) is 0 Å². The van der Waals surface area contributed by atoms with Crippen molar-refractivity contribution in [2.45, 2.75) is 24.6 Å². The molecule has 0 saturated carbocycles. The summed E-state index contributed by atoms with van der Waals surface area (Å²) in [5.74, 6) is 0.0448. The maximum Gasteiger partial charge on any atom is 0.481 e. The van der Waals surface area contributed by atoms with Crippen molar-refractivity contribution in [3.63, 3.8) is 0 Å². The van der Waals surface area contributed by atoms with Crippen molar-refractivity contribution < 1.29 is 46.9 Å². The van der Waals surface area contributed by atoms with Gasteiger partial charge in [0.25, 0.3) is 0 Å². The number of alkyl halides is 1. The van der Waals surface area contributed by atoms with Crippen molar-refractivity contribution >= 4 is 32.6 Å². The van der Waals surface area contributed by atoms with Crippen molar-refractivity contribution in [2.75, 3.05) is 12.3 Å². The highest BCUT2D eigenvalue weighted by Crippen LogP contribution is 2.57. The van der Waals surface area contributed by atoms with E-state index in [-0.39, 0.29) is 17.0 Å². The molecule has 0 spiro atoms. The predicted molar refractivity (Wildman–Crippen MR) is 83.5 cm³/mol. The van der Waals surface area contributed by atoms with Gasteiger partial charge in [0, 0.05) is 0 Å². The zero-order valence-corrected chi connectivity index (χ0v) is 14.9.